The Morgan fingerprint density at radius 2 is 1.88 bits per heavy atom. The Morgan fingerprint density at radius 3 is 2.58 bits per heavy atom. The van der Waals surface area contributed by atoms with E-state index in [1.54, 1.807) is 23.3 Å². The predicted octanol–water partition coefficient (Wildman–Crippen LogP) is 2.70. The molecule has 0 spiro atoms. The van der Waals surface area contributed by atoms with Crippen LogP contribution < -0.4 is 4.90 Å². The van der Waals surface area contributed by atoms with Gasteiger partial charge < -0.3 is 4.90 Å². The standard InChI is InChI=1S/C19H19N7/c1-24(13-15-4-6-17(7-5-15)26-11-3-9-21-26)19-20-10-8-18(23-19)16-12-22-25(2)14-16/h3-12,14H,13H2,1-2H3. The highest BCUT2D eigenvalue weighted by atomic mass is 15.3. The van der Waals surface area contributed by atoms with Crippen LogP contribution >= 0.6 is 0 Å². The van der Waals surface area contributed by atoms with Gasteiger partial charge in [-0.05, 0) is 29.8 Å². The van der Waals surface area contributed by atoms with Gasteiger partial charge in [0.25, 0.3) is 0 Å². The Balaban J connectivity index is 1.50. The number of rotatable bonds is 5. The monoisotopic (exact) mass is 345 g/mol. The van der Waals surface area contributed by atoms with Crippen LogP contribution in [0.15, 0.2) is 67.4 Å². The molecule has 7 nitrogen and oxygen atoms in total. The Bertz CT molecular complexity index is 987. The Kier molecular flexibility index (Phi) is 4.18. The zero-order chi connectivity index (χ0) is 17.9. The second-order valence-electron chi connectivity index (χ2n) is 6.12. The van der Waals surface area contributed by atoms with E-state index in [4.69, 9.17) is 0 Å². The maximum Gasteiger partial charge on any atom is 0.225 e. The van der Waals surface area contributed by atoms with Gasteiger partial charge in [0.1, 0.15) is 0 Å². The van der Waals surface area contributed by atoms with E-state index in [0.717, 1.165) is 23.5 Å². The number of anilines is 1. The second-order valence-corrected chi connectivity index (χ2v) is 6.12. The summed E-state index contributed by atoms with van der Waals surface area (Å²) in [5, 5.41) is 8.44. The minimum absolute atomic E-state index is 0.683. The first-order valence-corrected chi connectivity index (χ1v) is 8.31. The van der Waals surface area contributed by atoms with Crippen molar-refractivity contribution in [3.05, 3.63) is 72.9 Å². The summed E-state index contributed by atoms with van der Waals surface area (Å²) in [5.41, 5.74) is 4.06. The Hall–Kier alpha value is -3.48. The first kappa shape index (κ1) is 16.0. The van der Waals surface area contributed by atoms with Crippen molar-refractivity contribution >= 4 is 5.95 Å². The molecule has 130 valence electrons. The van der Waals surface area contributed by atoms with E-state index in [2.05, 4.69) is 44.4 Å². The third-order valence-corrected chi connectivity index (χ3v) is 4.11. The molecule has 26 heavy (non-hydrogen) atoms. The molecular formula is C19H19N7. The van der Waals surface area contributed by atoms with E-state index in [1.165, 1.54) is 5.56 Å². The maximum atomic E-state index is 4.66. The van der Waals surface area contributed by atoms with Gasteiger partial charge in [0.05, 0.1) is 17.6 Å². The lowest BCUT2D eigenvalue weighted by molar-refractivity contribution is 0.768. The molecule has 0 amide bonds. The first-order valence-electron chi connectivity index (χ1n) is 8.31. The van der Waals surface area contributed by atoms with E-state index in [-0.39, 0.29) is 0 Å². The summed E-state index contributed by atoms with van der Waals surface area (Å²) in [6.07, 6.45) is 9.23. The number of hydrogen-bond donors (Lipinski definition) is 0. The fourth-order valence-corrected chi connectivity index (χ4v) is 2.77. The van der Waals surface area contributed by atoms with Crippen LogP contribution in [0.5, 0.6) is 0 Å². The summed E-state index contributed by atoms with van der Waals surface area (Å²) in [6.45, 7) is 0.718. The normalized spacial score (nSPS) is 10.8. The highest BCUT2D eigenvalue weighted by Crippen LogP contribution is 2.19. The number of benzene rings is 1. The Morgan fingerprint density at radius 1 is 1.04 bits per heavy atom. The topological polar surface area (TPSA) is 64.7 Å². The van der Waals surface area contributed by atoms with Crippen LogP contribution in [0.4, 0.5) is 5.95 Å². The summed E-state index contributed by atoms with van der Waals surface area (Å²) in [6, 6.07) is 12.1. The van der Waals surface area contributed by atoms with E-state index in [0.29, 0.717) is 5.95 Å². The third kappa shape index (κ3) is 3.32. The van der Waals surface area contributed by atoms with Crippen molar-refractivity contribution in [3.63, 3.8) is 0 Å². The van der Waals surface area contributed by atoms with Gasteiger partial charge in [-0.3, -0.25) is 4.68 Å². The minimum Gasteiger partial charge on any atom is -0.340 e. The van der Waals surface area contributed by atoms with Crippen molar-refractivity contribution in [2.45, 2.75) is 6.54 Å². The largest absolute Gasteiger partial charge is 0.340 e. The zero-order valence-corrected chi connectivity index (χ0v) is 14.7. The molecule has 1 aromatic carbocycles. The fraction of sp³-hybridized carbons (Fsp3) is 0.158. The van der Waals surface area contributed by atoms with Gasteiger partial charge in [0.2, 0.25) is 5.95 Å². The molecule has 0 radical (unpaired) electrons. The average molecular weight is 345 g/mol. The smallest absolute Gasteiger partial charge is 0.225 e. The molecule has 0 atom stereocenters. The molecular weight excluding hydrogens is 326 g/mol. The van der Waals surface area contributed by atoms with Crippen LogP contribution in [0.1, 0.15) is 5.56 Å². The summed E-state index contributed by atoms with van der Waals surface area (Å²) in [7, 11) is 3.88. The highest BCUT2D eigenvalue weighted by Gasteiger charge is 2.09. The van der Waals surface area contributed by atoms with Crippen molar-refractivity contribution in [3.8, 4) is 16.9 Å². The molecule has 0 unspecified atom stereocenters. The minimum atomic E-state index is 0.683. The quantitative estimate of drug-likeness (QED) is 0.556. The molecule has 0 aliphatic heterocycles. The van der Waals surface area contributed by atoms with Crippen molar-refractivity contribution in [2.24, 2.45) is 7.05 Å². The SMILES string of the molecule is CN(Cc1ccc(-n2cccn2)cc1)c1nccc(-c2cnn(C)c2)n1. The number of hydrogen-bond acceptors (Lipinski definition) is 5. The van der Waals surface area contributed by atoms with E-state index < -0.39 is 0 Å². The zero-order valence-electron chi connectivity index (χ0n) is 14.7. The van der Waals surface area contributed by atoms with Gasteiger partial charge in [-0.1, -0.05) is 12.1 Å². The number of aromatic nitrogens is 6. The summed E-state index contributed by atoms with van der Waals surface area (Å²) >= 11 is 0. The Labute approximate surface area is 151 Å². The predicted molar refractivity (Wildman–Crippen MR) is 99.9 cm³/mol. The van der Waals surface area contributed by atoms with Gasteiger partial charge in [0.15, 0.2) is 0 Å². The molecule has 0 aliphatic carbocycles. The lowest BCUT2D eigenvalue weighted by Crippen LogP contribution is -2.19. The molecule has 3 heterocycles. The molecule has 0 aliphatic rings. The van der Waals surface area contributed by atoms with Crippen molar-refractivity contribution in [1.82, 2.24) is 29.5 Å². The van der Waals surface area contributed by atoms with Gasteiger partial charge >= 0.3 is 0 Å². The van der Waals surface area contributed by atoms with Gasteiger partial charge in [-0.25, -0.2) is 14.6 Å². The van der Waals surface area contributed by atoms with Crippen LogP contribution in [-0.2, 0) is 13.6 Å². The molecule has 0 bridgehead atoms. The average Bonchev–Trinajstić information content (AvgIpc) is 3.34. The molecule has 3 aromatic heterocycles. The van der Waals surface area contributed by atoms with Gasteiger partial charge in [-0.15, -0.1) is 0 Å². The molecule has 0 N–H and O–H groups in total. The molecule has 0 fully saturated rings. The third-order valence-electron chi connectivity index (χ3n) is 4.11. The van der Waals surface area contributed by atoms with Crippen LogP contribution in [0.25, 0.3) is 16.9 Å². The van der Waals surface area contributed by atoms with Gasteiger partial charge in [-0.2, -0.15) is 10.2 Å². The van der Waals surface area contributed by atoms with Gasteiger partial charge in [0, 0.05) is 51.0 Å². The van der Waals surface area contributed by atoms with E-state index >= 15 is 0 Å². The molecule has 0 saturated heterocycles. The van der Waals surface area contributed by atoms with Crippen LogP contribution in [0.3, 0.4) is 0 Å². The lowest BCUT2D eigenvalue weighted by atomic mass is 10.2. The lowest BCUT2D eigenvalue weighted by Gasteiger charge is -2.17. The van der Waals surface area contributed by atoms with E-state index in [9.17, 15) is 0 Å². The molecule has 4 rings (SSSR count). The molecule has 4 aromatic rings. The van der Waals surface area contributed by atoms with E-state index in [1.807, 2.05) is 48.2 Å². The first-order chi connectivity index (χ1) is 12.7. The second kappa shape index (κ2) is 6.79. The molecule has 0 saturated carbocycles. The summed E-state index contributed by atoms with van der Waals surface area (Å²) < 4.78 is 3.61. The van der Waals surface area contributed by atoms with Crippen molar-refractivity contribution < 1.29 is 0 Å². The highest BCUT2D eigenvalue weighted by molar-refractivity contribution is 5.58. The van der Waals surface area contributed by atoms with Crippen LogP contribution in [-0.4, -0.2) is 36.6 Å². The van der Waals surface area contributed by atoms with Crippen molar-refractivity contribution in [1.29, 1.82) is 0 Å². The van der Waals surface area contributed by atoms with Crippen LogP contribution in [0, 0.1) is 0 Å². The fourth-order valence-electron chi connectivity index (χ4n) is 2.77. The molecule has 7 heteroatoms. The summed E-state index contributed by atoms with van der Waals surface area (Å²) in [4.78, 5) is 11.1. The maximum absolute atomic E-state index is 4.66. The van der Waals surface area contributed by atoms with Crippen molar-refractivity contribution in [2.75, 3.05) is 11.9 Å². The number of aryl methyl sites for hydroxylation is 1. The summed E-state index contributed by atoms with van der Waals surface area (Å²) in [5.74, 6) is 0.683. The van der Waals surface area contributed by atoms with Crippen LogP contribution in [0.2, 0.25) is 0 Å². The number of nitrogens with zero attached hydrogens (tertiary/aromatic N) is 7.